The molecule has 18 heavy (non-hydrogen) atoms. The third-order valence-corrected chi connectivity index (χ3v) is 4.10. The molecule has 2 atom stereocenters. The summed E-state index contributed by atoms with van der Waals surface area (Å²) >= 11 is 0. The minimum absolute atomic E-state index is 0.736. The molecule has 0 bridgehead atoms. The molecule has 1 aromatic rings. The first kappa shape index (κ1) is 13.6. The van der Waals surface area contributed by atoms with Crippen molar-refractivity contribution in [3.05, 3.63) is 35.4 Å². The Bertz CT molecular complexity index is 352. The Morgan fingerprint density at radius 3 is 2.33 bits per heavy atom. The fraction of sp³-hybridized carbons (Fsp3) is 0.647. The van der Waals surface area contributed by atoms with Crippen LogP contribution in [0.2, 0.25) is 0 Å². The molecule has 1 nitrogen and oxygen atoms in total. The van der Waals surface area contributed by atoms with Gasteiger partial charge in [-0.05, 0) is 42.2 Å². The summed E-state index contributed by atoms with van der Waals surface area (Å²) in [6, 6.07) is 9.87. The lowest BCUT2D eigenvalue weighted by molar-refractivity contribution is 0.426. The smallest absolute Gasteiger partial charge is 0.0208 e. The molecule has 1 aromatic carbocycles. The summed E-state index contributed by atoms with van der Waals surface area (Å²) in [4.78, 5) is 0. The summed E-state index contributed by atoms with van der Waals surface area (Å²) in [6.07, 6.45) is 5.33. The van der Waals surface area contributed by atoms with E-state index in [-0.39, 0.29) is 0 Å². The summed E-state index contributed by atoms with van der Waals surface area (Å²) in [6.45, 7) is 7.95. The highest BCUT2D eigenvalue weighted by molar-refractivity contribution is 5.22. The average Bonchev–Trinajstić information content (AvgIpc) is 2.73. The van der Waals surface area contributed by atoms with E-state index in [4.69, 9.17) is 0 Å². The third-order valence-electron chi connectivity index (χ3n) is 4.10. The second kappa shape index (κ2) is 6.38. The molecule has 0 aromatic heterocycles. The lowest BCUT2D eigenvalue weighted by Crippen LogP contribution is -2.30. The molecule has 1 aliphatic carbocycles. The van der Waals surface area contributed by atoms with Gasteiger partial charge in [-0.1, -0.05) is 51.5 Å². The van der Waals surface area contributed by atoms with Gasteiger partial charge in [-0.3, -0.25) is 0 Å². The first-order chi connectivity index (χ1) is 8.65. The molecule has 2 unspecified atom stereocenters. The van der Waals surface area contributed by atoms with Crippen molar-refractivity contribution in [2.75, 3.05) is 0 Å². The van der Waals surface area contributed by atoms with E-state index in [0.29, 0.717) is 0 Å². The van der Waals surface area contributed by atoms with Crippen LogP contribution in [-0.2, 0) is 13.0 Å². The highest BCUT2D eigenvalue weighted by Gasteiger charge is 2.22. The molecule has 0 saturated heterocycles. The van der Waals surface area contributed by atoms with Crippen molar-refractivity contribution in [3.8, 4) is 0 Å². The maximum Gasteiger partial charge on any atom is 0.0208 e. The van der Waals surface area contributed by atoms with E-state index >= 15 is 0 Å². The van der Waals surface area contributed by atoms with Crippen LogP contribution < -0.4 is 5.32 Å². The van der Waals surface area contributed by atoms with Crippen molar-refractivity contribution in [1.82, 2.24) is 5.32 Å². The van der Waals surface area contributed by atoms with Gasteiger partial charge in [0.2, 0.25) is 0 Å². The van der Waals surface area contributed by atoms with E-state index in [1.807, 2.05) is 0 Å². The molecule has 1 aliphatic rings. The van der Waals surface area contributed by atoms with E-state index in [9.17, 15) is 0 Å². The van der Waals surface area contributed by atoms with Gasteiger partial charge in [0.15, 0.2) is 0 Å². The summed E-state index contributed by atoms with van der Waals surface area (Å²) in [5.41, 5.74) is 2.88. The van der Waals surface area contributed by atoms with Crippen molar-refractivity contribution in [2.45, 2.75) is 59.0 Å². The van der Waals surface area contributed by atoms with Gasteiger partial charge in [0, 0.05) is 12.6 Å². The first-order valence-corrected chi connectivity index (χ1v) is 7.46. The van der Waals surface area contributed by atoms with Crippen LogP contribution >= 0.6 is 0 Å². The second-order valence-corrected chi connectivity index (χ2v) is 6.31. The maximum atomic E-state index is 3.71. The Hall–Kier alpha value is -0.820. The Balaban J connectivity index is 1.82. The summed E-state index contributed by atoms with van der Waals surface area (Å²) in [5.74, 6) is 1.60. The van der Waals surface area contributed by atoms with Gasteiger partial charge in [-0.2, -0.15) is 0 Å². The second-order valence-electron chi connectivity index (χ2n) is 6.31. The van der Waals surface area contributed by atoms with E-state index < -0.39 is 0 Å². The van der Waals surface area contributed by atoms with E-state index in [0.717, 1.165) is 24.4 Å². The van der Waals surface area contributed by atoms with Crippen molar-refractivity contribution in [1.29, 1.82) is 0 Å². The lowest BCUT2D eigenvalue weighted by atomic mass is 10.0. The molecule has 0 aliphatic heterocycles. The zero-order valence-corrected chi connectivity index (χ0v) is 12.1. The number of nitrogens with one attached hydrogen (secondary N) is 1. The topological polar surface area (TPSA) is 12.0 Å². The monoisotopic (exact) mass is 245 g/mol. The number of hydrogen-bond donors (Lipinski definition) is 1. The molecule has 0 amide bonds. The standard InChI is InChI=1S/C17H27N/c1-13(2)11-15-7-9-16(10-8-15)12-18-17-6-4-5-14(17)3/h7-10,13-14,17-18H,4-6,11-12H2,1-3H3. The summed E-state index contributed by atoms with van der Waals surface area (Å²) < 4.78 is 0. The minimum Gasteiger partial charge on any atom is -0.310 e. The van der Waals surface area contributed by atoms with Gasteiger partial charge in [0.25, 0.3) is 0 Å². The molecule has 0 spiro atoms. The maximum absolute atomic E-state index is 3.71. The Kier molecular flexibility index (Phi) is 4.82. The summed E-state index contributed by atoms with van der Waals surface area (Å²) in [5, 5.41) is 3.71. The fourth-order valence-electron chi connectivity index (χ4n) is 2.96. The van der Waals surface area contributed by atoms with Gasteiger partial charge in [0.1, 0.15) is 0 Å². The zero-order chi connectivity index (χ0) is 13.0. The van der Waals surface area contributed by atoms with Crippen molar-refractivity contribution in [2.24, 2.45) is 11.8 Å². The quantitative estimate of drug-likeness (QED) is 0.821. The average molecular weight is 245 g/mol. The summed E-state index contributed by atoms with van der Waals surface area (Å²) in [7, 11) is 0. The Morgan fingerprint density at radius 1 is 1.11 bits per heavy atom. The minimum atomic E-state index is 0.736. The van der Waals surface area contributed by atoms with Crippen LogP contribution in [-0.4, -0.2) is 6.04 Å². The van der Waals surface area contributed by atoms with Gasteiger partial charge < -0.3 is 5.32 Å². The SMILES string of the molecule is CC(C)Cc1ccc(CNC2CCCC2C)cc1. The van der Waals surface area contributed by atoms with E-state index in [2.05, 4.69) is 50.4 Å². The molecular weight excluding hydrogens is 218 g/mol. The van der Waals surface area contributed by atoms with Gasteiger partial charge in [-0.25, -0.2) is 0 Å². The van der Waals surface area contributed by atoms with E-state index in [1.54, 1.807) is 0 Å². The number of benzene rings is 1. The first-order valence-electron chi connectivity index (χ1n) is 7.46. The van der Waals surface area contributed by atoms with Gasteiger partial charge in [0.05, 0.1) is 0 Å². The van der Waals surface area contributed by atoms with Crippen LogP contribution in [0.25, 0.3) is 0 Å². The zero-order valence-electron chi connectivity index (χ0n) is 12.1. The van der Waals surface area contributed by atoms with Crippen molar-refractivity contribution in [3.63, 3.8) is 0 Å². The molecule has 1 fully saturated rings. The number of rotatable bonds is 5. The Labute approximate surface area is 112 Å². The van der Waals surface area contributed by atoms with Crippen molar-refractivity contribution < 1.29 is 0 Å². The molecule has 0 radical (unpaired) electrons. The van der Waals surface area contributed by atoms with Gasteiger partial charge in [-0.15, -0.1) is 0 Å². The number of hydrogen-bond acceptors (Lipinski definition) is 1. The molecule has 0 heterocycles. The van der Waals surface area contributed by atoms with Crippen LogP contribution in [0.5, 0.6) is 0 Å². The normalized spacial score (nSPS) is 23.8. The van der Waals surface area contributed by atoms with Crippen LogP contribution in [0.15, 0.2) is 24.3 Å². The highest BCUT2D eigenvalue weighted by Crippen LogP contribution is 2.25. The lowest BCUT2D eigenvalue weighted by Gasteiger charge is -2.17. The molecule has 1 heteroatoms. The van der Waals surface area contributed by atoms with Crippen LogP contribution in [0, 0.1) is 11.8 Å². The van der Waals surface area contributed by atoms with Crippen LogP contribution in [0.3, 0.4) is 0 Å². The molecule has 100 valence electrons. The predicted octanol–water partition coefficient (Wildman–Crippen LogP) is 4.16. The van der Waals surface area contributed by atoms with Crippen LogP contribution in [0.1, 0.15) is 51.2 Å². The largest absolute Gasteiger partial charge is 0.310 e. The highest BCUT2D eigenvalue weighted by atomic mass is 14.9. The van der Waals surface area contributed by atoms with Crippen LogP contribution in [0.4, 0.5) is 0 Å². The molecular formula is C17H27N. The van der Waals surface area contributed by atoms with Crippen molar-refractivity contribution >= 4 is 0 Å². The Morgan fingerprint density at radius 2 is 1.78 bits per heavy atom. The molecule has 1 saturated carbocycles. The molecule has 1 N–H and O–H groups in total. The van der Waals surface area contributed by atoms with Gasteiger partial charge >= 0.3 is 0 Å². The third kappa shape index (κ3) is 3.84. The fourth-order valence-corrected chi connectivity index (χ4v) is 2.96. The predicted molar refractivity (Wildman–Crippen MR) is 78.6 cm³/mol. The van der Waals surface area contributed by atoms with E-state index in [1.165, 1.54) is 36.8 Å². The molecule has 2 rings (SSSR count).